The van der Waals surface area contributed by atoms with Crippen LogP contribution in [0.15, 0.2) is 23.8 Å². The van der Waals surface area contributed by atoms with E-state index in [1.807, 2.05) is 0 Å². The highest BCUT2D eigenvalue weighted by atomic mass is 32.1. The number of halogens is 2. The molecule has 0 saturated heterocycles. The van der Waals surface area contributed by atoms with E-state index in [0.29, 0.717) is 4.57 Å². The number of aromatic nitrogens is 2. The van der Waals surface area contributed by atoms with Crippen molar-refractivity contribution in [1.82, 2.24) is 9.55 Å². The van der Waals surface area contributed by atoms with Crippen molar-refractivity contribution in [2.45, 2.75) is 13.2 Å². The Morgan fingerprint density at radius 1 is 1.61 bits per heavy atom. The maximum absolute atomic E-state index is 12.5. The lowest BCUT2D eigenvalue weighted by Gasteiger charge is -2.07. The fourth-order valence-corrected chi connectivity index (χ4v) is 2.01. The summed E-state index contributed by atoms with van der Waals surface area (Å²) in [6.07, 6.45) is 2.37. The summed E-state index contributed by atoms with van der Waals surface area (Å²) in [6, 6.07) is 1.48. The number of alkyl halides is 2. The van der Waals surface area contributed by atoms with Crippen molar-refractivity contribution in [2.24, 2.45) is 0 Å². The number of aromatic carboxylic acids is 1. The minimum atomic E-state index is -2.70. The van der Waals surface area contributed by atoms with Crippen LogP contribution in [0.2, 0.25) is 0 Å². The van der Waals surface area contributed by atoms with Gasteiger partial charge in [-0.05, 0) is 11.4 Å². The molecule has 2 aromatic heterocycles. The molecule has 0 atom stereocenters. The largest absolute Gasteiger partial charge is 0.484 e. The molecule has 2 heterocycles. The fraction of sp³-hybridized carbons (Fsp3) is 0.200. The summed E-state index contributed by atoms with van der Waals surface area (Å²) in [5.74, 6) is -0.930. The molecule has 0 bridgehead atoms. The first kappa shape index (κ1) is 12.5. The SMILES string of the molecule is O=C(O)c1sccc1OCc1nccn1C(F)F. The van der Waals surface area contributed by atoms with E-state index in [9.17, 15) is 13.6 Å². The third-order valence-electron chi connectivity index (χ3n) is 2.14. The maximum atomic E-state index is 12.5. The highest BCUT2D eigenvalue weighted by molar-refractivity contribution is 7.12. The fourth-order valence-electron chi connectivity index (χ4n) is 1.34. The van der Waals surface area contributed by atoms with Gasteiger partial charge < -0.3 is 9.84 Å². The average Bonchev–Trinajstić information content (AvgIpc) is 2.94. The molecular weight excluding hydrogens is 266 g/mol. The second-order valence-electron chi connectivity index (χ2n) is 3.24. The predicted molar refractivity (Wildman–Crippen MR) is 59.1 cm³/mol. The molecule has 0 aliphatic carbocycles. The van der Waals surface area contributed by atoms with Gasteiger partial charge in [-0.25, -0.2) is 9.78 Å². The molecule has 0 spiro atoms. The summed E-state index contributed by atoms with van der Waals surface area (Å²) in [5, 5.41) is 10.4. The number of carbonyl (C=O) groups is 1. The molecule has 0 fully saturated rings. The number of hydrogen-bond acceptors (Lipinski definition) is 4. The van der Waals surface area contributed by atoms with Gasteiger partial charge >= 0.3 is 12.5 Å². The summed E-state index contributed by atoms with van der Waals surface area (Å²) < 4.78 is 30.9. The molecule has 96 valence electrons. The number of imidazole rings is 1. The van der Waals surface area contributed by atoms with Gasteiger partial charge in [0.25, 0.3) is 0 Å². The lowest BCUT2D eigenvalue weighted by Crippen LogP contribution is -2.08. The molecule has 2 aromatic rings. The van der Waals surface area contributed by atoms with Crippen LogP contribution in [0, 0.1) is 0 Å². The van der Waals surface area contributed by atoms with Gasteiger partial charge in [-0.2, -0.15) is 8.78 Å². The first-order valence-electron chi connectivity index (χ1n) is 4.83. The van der Waals surface area contributed by atoms with Gasteiger partial charge in [-0.3, -0.25) is 4.57 Å². The Bertz CT molecular complexity index is 553. The smallest absolute Gasteiger partial charge is 0.349 e. The van der Waals surface area contributed by atoms with Crippen molar-refractivity contribution in [3.63, 3.8) is 0 Å². The Morgan fingerprint density at radius 3 is 3.06 bits per heavy atom. The van der Waals surface area contributed by atoms with Crippen LogP contribution >= 0.6 is 11.3 Å². The van der Waals surface area contributed by atoms with E-state index in [2.05, 4.69) is 4.98 Å². The summed E-state index contributed by atoms with van der Waals surface area (Å²) in [5.41, 5.74) is 0. The second kappa shape index (κ2) is 5.13. The van der Waals surface area contributed by atoms with Crippen LogP contribution in [0.5, 0.6) is 5.75 Å². The lowest BCUT2D eigenvalue weighted by molar-refractivity contribution is 0.0624. The quantitative estimate of drug-likeness (QED) is 0.910. The maximum Gasteiger partial charge on any atom is 0.349 e. The number of thiophene rings is 1. The predicted octanol–water partition coefficient (Wildman–Crippen LogP) is 2.62. The van der Waals surface area contributed by atoms with Crippen LogP contribution in [-0.2, 0) is 6.61 Å². The van der Waals surface area contributed by atoms with Gasteiger partial charge in [0.05, 0.1) is 0 Å². The Hall–Kier alpha value is -1.96. The number of nitrogens with zero attached hydrogens (tertiary/aromatic N) is 2. The first-order chi connectivity index (χ1) is 8.59. The van der Waals surface area contributed by atoms with Gasteiger partial charge in [0, 0.05) is 12.4 Å². The highest BCUT2D eigenvalue weighted by Gasteiger charge is 2.15. The molecule has 0 aliphatic heterocycles. The zero-order chi connectivity index (χ0) is 13.1. The van der Waals surface area contributed by atoms with E-state index in [1.54, 1.807) is 5.38 Å². The first-order valence-corrected chi connectivity index (χ1v) is 5.71. The molecule has 18 heavy (non-hydrogen) atoms. The van der Waals surface area contributed by atoms with Gasteiger partial charge in [0.15, 0.2) is 10.7 Å². The topological polar surface area (TPSA) is 64.3 Å². The molecule has 0 unspecified atom stereocenters. The Balaban J connectivity index is 2.09. The third kappa shape index (κ3) is 2.48. The summed E-state index contributed by atoms with van der Waals surface area (Å²) in [7, 11) is 0. The standard InChI is InChI=1S/C10H8F2N2O3S/c11-10(12)14-3-2-13-7(14)5-17-6-1-4-18-8(6)9(15)16/h1-4,10H,5H2,(H,15,16). The van der Waals surface area contributed by atoms with Gasteiger partial charge in [-0.1, -0.05) is 0 Å². The van der Waals surface area contributed by atoms with Crippen molar-refractivity contribution in [3.05, 3.63) is 34.5 Å². The van der Waals surface area contributed by atoms with E-state index in [0.717, 1.165) is 17.5 Å². The third-order valence-corrected chi connectivity index (χ3v) is 3.02. The van der Waals surface area contributed by atoms with E-state index in [1.165, 1.54) is 12.3 Å². The Morgan fingerprint density at radius 2 is 2.39 bits per heavy atom. The molecule has 5 nitrogen and oxygen atoms in total. The van der Waals surface area contributed by atoms with E-state index in [-0.39, 0.29) is 23.1 Å². The summed E-state index contributed by atoms with van der Waals surface area (Å²) in [6.45, 7) is -2.92. The normalized spacial score (nSPS) is 10.8. The highest BCUT2D eigenvalue weighted by Crippen LogP contribution is 2.25. The van der Waals surface area contributed by atoms with Crippen molar-refractivity contribution in [2.75, 3.05) is 0 Å². The molecule has 1 N–H and O–H groups in total. The summed E-state index contributed by atoms with van der Waals surface area (Å²) >= 11 is 1.01. The van der Waals surface area contributed by atoms with Crippen LogP contribution < -0.4 is 4.74 Å². The average molecular weight is 274 g/mol. The molecule has 0 saturated carbocycles. The Labute approximate surface area is 104 Å². The number of ether oxygens (including phenoxy) is 1. The zero-order valence-electron chi connectivity index (χ0n) is 8.92. The number of rotatable bonds is 5. The molecule has 0 radical (unpaired) electrons. The number of carboxylic acid groups (broad SMARTS) is 1. The Kier molecular flexibility index (Phi) is 3.56. The van der Waals surface area contributed by atoms with Crippen LogP contribution in [-0.4, -0.2) is 20.6 Å². The van der Waals surface area contributed by atoms with Crippen molar-refractivity contribution in [3.8, 4) is 5.75 Å². The second-order valence-corrected chi connectivity index (χ2v) is 4.15. The van der Waals surface area contributed by atoms with E-state index in [4.69, 9.17) is 9.84 Å². The van der Waals surface area contributed by atoms with Gasteiger partial charge in [0.2, 0.25) is 0 Å². The lowest BCUT2D eigenvalue weighted by atomic mass is 10.4. The van der Waals surface area contributed by atoms with Crippen molar-refractivity contribution < 1.29 is 23.4 Å². The number of carboxylic acids is 1. The van der Waals surface area contributed by atoms with Crippen LogP contribution in [0.3, 0.4) is 0 Å². The molecule has 0 aliphatic rings. The summed E-state index contributed by atoms with van der Waals surface area (Å²) in [4.78, 5) is 14.6. The van der Waals surface area contributed by atoms with E-state index >= 15 is 0 Å². The van der Waals surface area contributed by atoms with Crippen molar-refractivity contribution >= 4 is 17.3 Å². The van der Waals surface area contributed by atoms with Crippen molar-refractivity contribution in [1.29, 1.82) is 0 Å². The molecule has 0 amide bonds. The molecule has 2 rings (SSSR count). The molecule has 8 heteroatoms. The molecular formula is C10H8F2N2O3S. The van der Waals surface area contributed by atoms with Crippen LogP contribution in [0.4, 0.5) is 8.78 Å². The molecule has 0 aromatic carbocycles. The van der Waals surface area contributed by atoms with Crippen LogP contribution in [0.25, 0.3) is 0 Å². The minimum Gasteiger partial charge on any atom is -0.484 e. The zero-order valence-corrected chi connectivity index (χ0v) is 9.73. The van der Waals surface area contributed by atoms with Crippen LogP contribution in [0.1, 0.15) is 22.0 Å². The van der Waals surface area contributed by atoms with Gasteiger partial charge in [-0.15, -0.1) is 11.3 Å². The number of hydrogen-bond donors (Lipinski definition) is 1. The van der Waals surface area contributed by atoms with E-state index < -0.39 is 12.5 Å². The van der Waals surface area contributed by atoms with Gasteiger partial charge in [0.1, 0.15) is 12.4 Å². The monoisotopic (exact) mass is 274 g/mol. The minimum absolute atomic E-state index is 0.0325.